The molecule has 3 aromatic rings. The number of hydrogen-bond acceptors (Lipinski definition) is 6. The zero-order chi connectivity index (χ0) is 17.1. The van der Waals surface area contributed by atoms with Crippen LogP contribution in [0, 0.1) is 6.92 Å². The molecule has 1 amide bonds. The van der Waals surface area contributed by atoms with Gasteiger partial charge in [0.05, 0.1) is 16.3 Å². The van der Waals surface area contributed by atoms with Crippen LogP contribution in [0.25, 0.3) is 10.8 Å². The number of carbonyl (C=O) groups excluding carboxylic acids is 1. The third-order valence-electron chi connectivity index (χ3n) is 2.92. The van der Waals surface area contributed by atoms with Crippen molar-refractivity contribution in [2.75, 3.05) is 11.1 Å². The summed E-state index contributed by atoms with van der Waals surface area (Å²) < 4.78 is 7.19. The maximum absolute atomic E-state index is 12.1. The van der Waals surface area contributed by atoms with E-state index in [0.717, 1.165) is 19.4 Å². The molecule has 2 heterocycles. The van der Waals surface area contributed by atoms with Crippen LogP contribution < -0.4 is 5.32 Å². The first-order valence-corrected chi connectivity index (χ1v) is 10.2. The van der Waals surface area contributed by atoms with E-state index in [1.165, 1.54) is 23.1 Å². The molecule has 0 aliphatic heterocycles. The fraction of sp³-hybridized carbons (Fsp3) is 0.133. The number of thioether (sulfide) groups is 1. The molecule has 0 fully saturated rings. The first-order chi connectivity index (χ1) is 11.5. The predicted octanol–water partition coefficient (Wildman–Crippen LogP) is 5.36. The summed E-state index contributed by atoms with van der Waals surface area (Å²) in [6.07, 6.45) is 0. The molecule has 0 unspecified atom stereocenters. The smallest absolute Gasteiger partial charge is 0.277 e. The Morgan fingerprint density at radius 1 is 1.33 bits per heavy atom. The number of aryl methyl sites for hydroxylation is 1. The number of hydrogen-bond donors (Lipinski definition) is 1. The third kappa shape index (κ3) is 4.27. The minimum absolute atomic E-state index is 0.152. The molecule has 0 radical (unpaired) electrons. The van der Waals surface area contributed by atoms with Gasteiger partial charge in [-0.15, -0.1) is 21.5 Å². The van der Waals surface area contributed by atoms with E-state index in [0.29, 0.717) is 16.8 Å². The van der Waals surface area contributed by atoms with Crippen LogP contribution in [-0.4, -0.2) is 21.9 Å². The van der Waals surface area contributed by atoms with Crippen LogP contribution in [0.3, 0.4) is 0 Å². The lowest BCUT2D eigenvalue weighted by molar-refractivity contribution is -0.113. The van der Waals surface area contributed by atoms with Crippen molar-refractivity contribution in [2.45, 2.75) is 12.1 Å². The predicted molar refractivity (Wildman–Crippen MR) is 104 cm³/mol. The molecule has 1 aromatic carbocycles. The van der Waals surface area contributed by atoms with Gasteiger partial charge in [-0.25, -0.2) is 0 Å². The number of benzene rings is 1. The van der Waals surface area contributed by atoms with Crippen LogP contribution in [0.15, 0.2) is 48.2 Å². The Labute approximate surface area is 163 Å². The summed E-state index contributed by atoms with van der Waals surface area (Å²) in [5.74, 6) is 0.497. The average Bonchev–Trinajstić information content (AvgIpc) is 3.19. The molecule has 0 aliphatic rings. The molecule has 0 atom stereocenters. The van der Waals surface area contributed by atoms with Crippen LogP contribution in [0.1, 0.15) is 5.56 Å². The molecule has 3 rings (SSSR count). The van der Waals surface area contributed by atoms with Crippen molar-refractivity contribution in [3.63, 3.8) is 0 Å². The zero-order valence-electron chi connectivity index (χ0n) is 12.4. The normalized spacial score (nSPS) is 10.8. The van der Waals surface area contributed by atoms with Gasteiger partial charge in [0.1, 0.15) is 0 Å². The summed E-state index contributed by atoms with van der Waals surface area (Å²) in [7, 11) is 0. The van der Waals surface area contributed by atoms with Crippen LogP contribution >= 0.6 is 55.0 Å². The molecule has 124 valence electrons. The fourth-order valence-electron chi connectivity index (χ4n) is 1.89. The van der Waals surface area contributed by atoms with Crippen LogP contribution in [0.5, 0.6) is 0 Å². The Morgan fingerprint density at radius 3 is 2.75 bits per heavy atom. The molecule has 0 bridgehead atoms. The van der Waals surface area contributed by atoms with Gasteiger partial charge in [0.25, 0.3) is 11.1 Å². The summed E-state index contributed by atoms with van der Waals surface area (Å²) >= 11 is 9.64. The number of rotatable bonds is 5. The van der Waals surface area contributed by atoms with Gasteiger partial charge in [-0.05, 0) is 67.9 Å². The summed E-state index contributed by atoms with van der Waals surface area (Å²) in [5.41, 5.74) is 1.80. The SMILES string of the molecule is Cc1cc(Br)c(NC(=O)CSc2nnc(-c3cccs3)o2)c(Br)c1. The van der Waals surface area contributed by atoms with Crippen molar-refractivity contribution in [1.82, 2.24) is 10.2 Å². The van der Waals surface area contributed by atoms with E-state index < -0.39 is 0 Å². The Hall–Kier alpha value is -1.16. The Morgan fingerprint density at radius 2 is 2.08 bits per heavy atom. The van der Waals surface area contributed by atoms with Gasteiger partial charge in [0, 0.05) is 8.95 Å². The summed E-state index contributed by atoms with van der Waals surface area (Å²) in [6, 6.07) is 7.71. The highest BCUT2D eigenvalue weighted by Gasteiger charge is 2.14. The number of nitrogens with zero attached hydrogens (tertiary/aromatic N) is 2. The molecular formula is C15H11Br2N3O2S2. The molecule has 0 saturated heterocycles. The van der Waals surface area contributed by atoms with E-state index in [4.69, 9.17) is 4.42 Å². The van der Waals surface area contributed by atoms with Crippen LogP contribution in [0.4, 0.5) is 5.69 Å². The molecule has 1 N–H and O–H groups in total. The van der Waals surface area contributed by atoms with E-state index in [9.17, 15) is 4.79 Å². The molecule has 0 saturated carbocycles. The highest BCUT2D eigenvalue weighted by atomic mass is 79.9. The van der Waals surface area contributed by atoms with Crippen LogP contribution in [-0.2, 0) is 4.79 Å². The first kappa shape index (κ1) is 17.7. The number of amides is 1. The van der Waals surface area contributed by atoms with E-state index in [1.54, 1.807) is 0 Å². The van der Waals surface area contributed by atoms with Gasteiger partial charge in [0.2, 0.25) is 5.91 Å². The van der Waals surface area contributed by atoms with Crippen molar-refractivity contribution in [2.24, 2.45) is 0 Å². The number of halogens is 2. The molecule has 24 heavy (non-hydrogen) atoms. The highest BCUT2D eigenvalue weighted by Crippen LogP contribution is 2.32. The van der Waals surface area contributed by atoms with Crippen molar-refractivity contribution in [3.05, 3.63) is 44.2 Å². The largest absolute Gasteiger partial charge is 0.410 e. The number of nitrogens with one attached hydrogen (secondary N) is 1. The maximum atomic E-state index is 12.1. The Bertz CT molecular complexity index is 842. The monoisotopic (exact) mass is 487 g/mol. The van der Waals surface area contributed by atoms with Crippen molar-refractivity contribution in [1.29, 1.82) is 0 Å². The second kappa shape index (κ2) is 7.81. The lowest BCUT2D eigenvalue weighted by atomic mass is 10.2. The lowest BCUT2D eigenvalue weighted by Crippen LogP contribution is -2.15. The molecule has 0 aliphatic carbocycles. The van der Waals surface area contributed by atoms with Gasteiger partial charge in [-0.1, -0.05) is 17.8 Å². The molecule has 0 spiro atoms. The second-order valence-corrected chi connectivity index (χ2v) is 8.37. The number of aromatic nitrogens is 2. The van der Waals surface area contributed by atoms with E-state index >= 15 is 0 Å². The molecule has 5 nitrogen and oxygen atoms in total. The Kier molecular flexibility index (Phi) is 5.75. The molecular weight excluding hydrogens is 478 g/mol. The Balaban J connectivity index is 1.60. The quantitative estimate of drug-likeness (QED) is 0.489. The number of thiophene rings is 1. The van der Waals surface area contributed by atoms with Gasteiger partial charge in [-0.2, -0.15) is 0 Å². The standard InChI is InChI=1S/C15H11Br2N3O2S2/c1-8-5-9(16)13(10(17)6-8)18-12(21)7-24-15-20-19-14(22-15)11-3-2-4-23-11/h2-6H,7H2,1H3,(H,18,21). The van der Waals surface area contributed by atoms with E-state index in [-0.39, 0.29) is 11.7 Å². The highest BCUT2D eigenvalue weighted by molar-refractivity contribution is 9.11. The van der Waals surface area contributed by atoms with E-state index in [1.807, 2.05) is 36.6 Å². The fourth-order valence-corrected chi connectivity index (χ4v) is 4.71. The number of carbonyl (C=O) groups is 1. The summed E-state index contributed by atoms with van der Waals surface area (Å²) in [5, 5.41) is 13.1. The minimum atomic E-state index is -0.152. The zero-order valence-corrected chi connectivity index (χ0v) is 17.2. The average molecular weight is 489 g/mol. The van der Waals surface area contributed by atoms with E-state index in [2.05, 4.69) is 47.4 Å². The second-order valence-electron chi connectivity index (χ2n) is 4.79. The topological polar surface area (TPSA) is 68.0 Å². The van der Waals surface area contributed by atoms with Gasteiger partial charge in [0.15, 0.2) is 0 Å². The summed E-state index contributed by atoms with van der Waals surface area (Å²) in [4.78, 5) is 13.1. The van der Waals surface area contributed by atoms with Crippen molar-refractivity contribution >= 4 is 66.6 Å². The molecule has 9 heteroatoms. The third-order valence-corrected chi connectivity index (χ3v) is 5.84. The van der Waals surface area contributed by atoms with Crippen LogP contribution in [0.2, 0.25) is 0 Å². The van der Waals surface area contributed by atoms with Gasteiger partial charge in [-0.3, -0.25) is 4.79 Å². The lowest BCUT2D eigenvalue weighted by Gasteiger charge is -2.10. The van der Waals surface area contributed by atoms with Crippen molar-refractivity contribution in [3.8, 4) is 10.8 Å². The summed E-state index contributed by atoms with van der Waals surface area (Å²) in [6.45, 7) is 1.98. The van der Waals surface area contributed by atoms with Crippen molar-refractivity contribution < 1.29 is 9.21 Å². The molecule has 2 aromatic heterocycles. The first-order valence-electron chi connectivity index (χ1n) is 6.78. The maximum Gasteiger partial charge on any atom is 0.277 e. The van der Waals surface area contributed by atoms with Gasteiger partial charge < -0.3 is 9.73 Å². The number of anilines is 1. The van der Waals surface area contributed by atoms with Gasteiger partial charge >= 0.3 is 0 Å². The minimum Gasteiger partial charge on any atom is -0.410 e.